The minimum Gasteiger partial charge on any atom is -0.370 e. The number of nitrogens with two attached hydrogens (primary N) is 1. The van der Waals surface area contributed by atoms with Gasteiger partial charge in [0.15, 0.2) is 0 Å². The Morgan fingerprint density at radius 3 is 2.65 bits per heavy atom. The normalized spacial score (nSPS) is 23.8. The molecule has 2 rings (SSSR count). The smallest absolute Gasteiger partial charge is 0.217 e. The highest BCUT2D eigenvalue weighted by molar-refractivity contribution is 7.81. The fourth-order valence-corrected chi connectivity index (χ4v) is 2.47. The predicted molar refractivity (Wildman–Crippen MR) is 72.1 cm³/mol. The lowest BCUT2D eigenvalue weighted by molar-refractivity contribution is -0.117. The minimum atomic E-state index is -0.246. The van der Waals surface area contributed by atoms with Crippen LogP contribution in [0.5, 0.6) is 0 Å². The Balaban J connectivity index is 1.95. The zero-order valence-electron chi connectivity index (χ0n) is 9.73. The highest BCUT2D eigenvalue weighted by atomic mass is 32.1. The van der Waals surface area contributed by atoms with Crippen molar-refractivity contribution in [3.8, 4) is 0 Å². The van der Waals surface area contributed by atoms with Crippen LogP contribution in [0.15, 0.2) is 24.3 Å². The second-order valence-electron chi connectivity index (χ2n) is 4.56. The summed E-state index contributed by atoms with van der Waals surface area (Å²) in [6.45, 7) is 0.969. The number of aryl methyl sites for hydroxylation is 1. The van der Waals surface area contributed by atoms with Gasteiger partial charge < -0.3 is 11.1 Å². The zero-order valence-corrected chi connectivity index (χ0v) is 10.6. The molecule has 17 heavy (non-hydrogen) atoms. The lowest BCUT2D eigenvalue weighted by Crippen LogP contribution is -2.14. The van der Waals surface area contributed by atoms with Gasteiger partial charge in [0, 0.05) is 24.3 Å². The van der Waals surface area contributed by atoms with Gasteiger partial charge in [-0.1, -0.05) is 24.3 Å². The van der Waals surface area contributed by atoms with Gasteiger partial charge in [0.1, 0.15) is 0 Å². The summed E-state index contributed by atoms with van der Waals surface area (Å²) in [6.07, 6.45) is 2.21. The maximum Gasteiger partial charge on any atom is 0.217 e. The summed E-state index contributed by atoms with van der Waals surface area (Å²) in [4.78, 5) is 10.7. The van der Waals surface area contributed by atoms with Gasteiger partial charge in [0.05, 0.1) is 0 Å². The molecule has 1 heterocycles. The van der Waals surface area contributed by atoms with E-state index < -0.39 is 0 Å². The molecule has 0 radical (unpaired) electrons. The number of benzene rings is 1. The highest BCUT2D eigenvalue weighted by Crippen LogP contribution is 2.26. The van der Waals surface area contributed by atoms with Crippen LogP contribution in [0, 0.1) is 0 Å². The quantitative estimate of drug-likeness (QED) is 0.708. The van der Waals surface area contributed by atoms with E-state index in [1.807, 2.05) is 0 Å². The van der Waals surface area contributed by atoms with Crippen LogP contribution in [0.25, 0.3) is 0 Å². The SMILES string of the molecule is NC(=O)CCc1ccc([C@H]2C[C@H](S)CN2)cc1. The van der Waals surface area contributed by atoms with Gasteiger partial charge in [0.2, 0.25) is 5.91 Å². The van der Waals surface area contributed by atoms with E-state index in [9.17, 15) is 4.79 Å². The van der Waals surface area contributed by atoms with Crippen molar-refractivity contribution in [2.24, 2.45) is 5.73 Å². The number of thiol groups is 1. The van der Waals surface area contributed by atoms with E-state index >= 15 is 0 Å². The van der Waals surface area contributed by atoms with Crippen LogP contribution < -0.4 is 11.1 Å². The molecule has 0 bridgehead atoms. The molecule has 1 fully saturated rings. The summed E-state index contributed by atoms with van der Waals surface area (Å²) < 4.78 is 0. The number of hydrogen-bond acceptors (Lipinski definition) is 3. The van der Waals surface area contributed by atoms with E-state index in [-0.39, 0.29) is 5.91 Å². The van der Waals surface area contributed by atoms with Crippen molar-refractivity contribution >= 4 is 18.5 Å². The Morgan fingerprint density at radius 1 is 1.41 bits per heavy atom. The molecule has 0 spiro atoms. The van der Waals surface area contributed by atoms with Crippen molar-refractivity contribution in [2.75, 3.05) is 6.54 Å². The van der Waals surface area contributed by atoms with Crippen LogP contribution in [0.4, 0.5) is 0 Å². The van der Waals surface area contributed by atoms with Gasteiger partial charge in [-0.3, -0.25) is 4.79 Å². The molecular weight excluding hydrogens is 232 g/mol. The molecule has 0 aliphatic carbocycles. The Morgan fingerprint density at radius 2 is 2.12 bits per heavy atom. The average molecular weight is 250 g/mol. The molecule has 1 aliphatic rings. The van der Waals surface area contributed by atoms with E-state index in [1.54, 1.807) is 0 Å². The summed E-state index contributed by atoms with van der Waals surface area (Å²) in [6, 6.07) is 8.82. The van der Waals surface area contributed by atoms with E-state index in [2.05, 4.69) is 42.2 Å². The number of carbonyl (C=O) groups is 1. The number of amides is 1. The van der Waals surface area contributed by atoms with Crippen molar-refractivity contribution in [3.05, 3.63) is 35.4 Å². The Hall–Kier alpha value is -1.00. The molecule has 4 heteroatoms. The topological polar surface area (TPSA) is 55.1 Å². The molecular formula is C13H18N2OS. The van der Waals surface area contributed by atoms with Crippen LogP contribution in [-0.2, 0) is 11.2 Å². The summed E-state index contributed by atoms with van der Waals surface area (Å²) in [5.41, 5.74) is 7.58. The number of carbonyl (C=O) groups excluding carboxylic acids is 1. The second kappa shape index (κ2) is 5.56. The molecule has 1 aromatic carbocycles. The Bertz CT molecular complexity index is 391. The molecule has 1 saturated heterocycles. The number of hydrogen-bond donors (Lipinski definition) is 3. The molecule has 1 aliphatic heterocycles. The molecule has 0 aromatic heterocycles. The molecule has 0 unspecified atom stereocenters. The zero-order chi connectivity index (χ0) is 12.3. The standard InChI is InChI=1S/C13H18N2OS/c14-13(16)6-3-9-1-4-10(5-2-9)12-7-11(17)8-15-12/h1-2,4-5,11-12,15,17H,3,6-8H2,(H2,14,16)/t11-,12+/m0/s1. The Kier molecular flexibility index (Phi) is 4.07. The van der Waals surface area contributed by atoms with Crippen molar-refractivity contribution in [3.63, 3.8) is 0 Å². The first-order chi connectivity index (χ1) is 8.15. The van der Waals surface area contributed by atoms with Crippen LogP contribution in [-0.4, -0.2) is 17.7 Å². The fraction of sp³-hybridized carbons (Fsp3) is 0.462. The summed E-state index contributed by atoms with van der Waals surface area (Å²) in [5.74, 6) is -0.246. The van der Waals surface area contributed by atoms with Crippen molar-refractivity contribution in [2.45, 2.75) is 30.6 Å². The first kappa shape index (κ1) is 12.5. The molecule has 1 aromatic rings. The maximum atomic E-state index is 10.7. The first-order valence-corrected chi connectivity index (χ1v) is 6.45. The molecule has 1 amide bonds. The second-order valence-corrected chi connectivity index (χ2v) is 5.29. The van der Waals surface area contributed by atoms with E-state index in [1.165, 1.54) is 5.56 Å². The molecule has 0 saturated carbocycles. The molecule has 3 N–H and O–H groups in total. The van der Waals surface area contributed by atoms with E-state index in [0.29, 0.717) is 17.7 Å². The van der Waals surface area contributed by atoms with Crippen molar-refractivity contribution in [1.29, 1.82) is 0 Å². The van der Waals surface area contributed by atoms with Gasteiger partial charge in [-0.05, 0) is 24.0 Å². The lowest BCUT2D eigenvalue weighted by Gasteiger charge is -2.11. The fourth-order valence-electron chi connectivity index (χ4n) is 2.16. The summed E-state index contributed by atoms with van der Waals surface area (Å²) >= 11 is 4.46. The van der Waals surface area contributed by atoms with Crippen LogP contribution in [0.2, 0.25) is 0 Å². The summed E-state index contributed by atoms with van der Waals surface area (Å²) in [5, 5.41) is 3.90. The number of rotatable bonds is 4. The minimum absolute atomic E-state index is 0.246. The third-order valence-corrected chi connectivity index (χ3v) is 3.54. The van der Waals surface area contributed by atoms with Crippen molar-refractivity contribution < 1.29 is 4.79 Å². The largest absolute Gasteiger partial charge is 0.370 e. The highest BCUT2D eigenvalue weighted by Gasteiger charge is 2.22. The lowest BCUT2D eigenvalue weighted by atomic mass is 10.0. The van der Waals surface area contributed by atoms with Crippen LogP contribution >= 0.6 is 12.6 Å². The van der Waals surface area contributed by atoms with Gasteiger partial charge in [-0.15, -0.1) is 0 Å². The average Bonchev–Trinajstić information content (AvgIpc) is 2.74. The van der Waals surface area contributed by atoms with Crippen molar-refractivity contribution in [1.82, 2.24) is 5.32 Å². The predicted octanol–water partition coefficient (Wildman–Crippen LogP) is 1.44. The van der Waals surface area contributed by atoms with Gasteiger partial charge in [-0.2, -0.15) is 12.6 Å². The molecule has 92 valence electrons. The first-order valence-electron chi connectivity index (χ1n) is 5.94. The molecule has 2 atom stereocenters. The van der Waals surface area contributed by atoms with Crippen LogP contribution in [0.1, 0.15) is 30.0 Å². The third kappa shape index (κ3) is 3.48. The van der Waals surface area contributed by atoms with Gasteiger partial charge >= 0.3 is 0 Å². The van der Waals surface area contributed by atoms with Crippen LogP contribution in [0.3, 0.4) is 0 Å². The maximum absolute atomic E-state index is 10.7. The summed E-state index contributed by atoms with van der Waals surface area (Å²) in [7, 11) is 0. The van der Waals surface area contributed by atoms with Gasteiger partial charge in [-0.25, -0.2) is 0 Å². The number of nitrogens with one attached hydrogen (secondary N) is 1. The Labute approximate surface area is 107 Å². The van der Waals surface area contributed by atoms with E-state index in [0.717, 1.165) is 24.9 Å². The number of primary amides is 1. The third-order valence-electron chi connectivity index (χ3n) is 3.15. The monoisotopic (exact) mass is 250 g/mol. The van der Waals surface area contributed by atoms with E-state index in [4.69, 9.17) is 5.73 Å². The van der Waals surface area contributed by atoms with Gasteiger partial charge in [0.25, 0.3) is 0 Å². The molecule has 3 nitrogen and oxygen atoms in total.